The minimum absolute atomic E-state index is 0.0152. The Hall–Kier alpha value is -1.06. The monoisotopic (exact) mass is 280 g/mol. The highest BCUT2D eigenvalue weighted by Crippen LogP contribution is 2.27. The third-order valence-corrected chi connectivity index (χ3v) is 4.14. The van der Waals surface area contributed by atoms with Crippen molar-refractivity contribution in [1.82, 2.24) is 4.90 Å². The summed E-state index contributed by atoms with van der Waals surface area (Å²) in [5, 5.41) is 0.553. The second kappa shape index (κ2) is 5.93. The van der Waals surface area contributed by atoms with E-state index in [2.05, 4.69) is 23.9 Å². The van der Waals surface area contributed by atoms with Crippen molar-refractivity contribution in [3.05, 3.63) is 28.8 Å². The smallest absolute Gasteiger partial charge is 0.161 e. The SMILES string of the molecule is CC(=O)c1ccc(N2CCCC(N(C)C)C2)cc1Cl. The molecule has 1 aromatic rings. The van der Waals surface area contributed by atoms with E-state index in [0.29, 0.717) is 16.6 Å². The standard InChI is InChI=1S/C15H21ClN2O/c1-11(19)14-7-6-12(9-15(14)16)18-8-4-5-13(10-18)17(2)3/h6-7,9,13H,4-5,8,10H2,1-3H3. The Morgan fingerprint density at radius 1 is 1.42 bits per heavy atom. The van der Waals surface area contributed by atoms with Gasteiger partial charge in [-0.3, -0.25) is 4.79 Å². The van der Waals surface area contributed by atoms with E-state index < -0.39 is 0 Å². The van der Waals surface area contributed by atoms with Crippen molar-refractivity contribution in [2.24, 2.45) is 0 Å². The van der Waals surface area contributed by atoms with Crippen molar-refractivity contribution in [2.75, 3.05) is 32.1 Å². The van der Waals surface area contributed by atoms with Crippen LogP contribution >= 0.6 is 11.6 Å². The number of likely N-dealkylation sites (N-methyl/N-ethyl adjacent to an activating group) is 1. The lowest BCUT2D eigenvalue weighted by molar-refractivity contribution is 0.101. The molecule has 1 unspecified atom stereocenters. The zero-order valence-electron chi connectivity index (χ0n) is 11.8. The number of anilines is 1. The summed E-state index contributed by atoms with van der Waals surface area (Å²) < 4.78 is 0. The van der Waals surface area contributed by atoms with Gasteiger partial charge in [0.05, 0.1) is 5.02 Å². The molecule has 0 saturated carbocycles. The summed E-state index contributed by atoms with van der Waals surface area (Å²) in [5.41, 5.74) is 1.72. The van der Waals surface area contributed by atoms with Gasteiger partial charge in [0, 0.05) is 30.4 Å². The third kappa shape index (κ3) is 3.28. The fourth-order valence-electron chi connectivity index (χ4n) is 2.60. The van der Waals surface area contributed by atoms with Gasteiger partial charge in [-0.2, -0.15) is 0 Å². The molecule has 1 atom stereocenters. The molecule has 0 amide bonds. The van der Waals surface area contributed by atoms with Crippen LogP contribution in [0.2, 0.25) is 5.02 Å². The molecule has 19 heavy (non-hydrogen) atoms. The van der Waals surface area contributed by atoms with Gasteiger partial charge in [-0.1, -0.05) is 11.6 Å². The first-order valence-corrected chi connectivity index (χ1v) is 7.08. The van der Waals surface area contributed by atoms with Gasteiger partial charge in [-0.05, 0) is 52.1 Å². The molecule has 1 fully saturated rings. The van der Waals surface area contributed by atoms with Crippen LogP contribution in [-0.2, 0) is 0 Å². The van der Waals surface area contributed by atoms with Crippen LogP contribution in [0.5, 0.6) is 0 Å². The molecular weight excluding hydrogens is 260 g/mol. The molecule has 1 saturated heterocycles. The highest BCUT2D eigenvalue weighted by molar-refractivity contribution is 6.34. The normalized spacial score (nSPS) is 19.8. The van der Waals surface area contributed by atoms with E-state index >= 15 is 0 Å². The molecule has 0 radical (unpaired) electrons. The van der Waals surface area contributed by atoms with Gasteiger partial charge in [0.15, 0.2) is 5.78 Å². The maximum absolute atomic E-state index is 11.4. The summed E-state index contributed by atoms with van der Waals surface area (Å²) in [5.74, 6) is 0.0152. The first-order valence-electron chi connectivity index (χ1n) is 6.71. The zero-order valence-corrected chi connectivity index (χ0v) is 12.6. The number of rotatable bonds is 3. The first kappa shape index (κ1) is 14.4. The molecule has 1 aliphatic rings. The Bertz CT molecular complexity index is 473. The number of piperidine rings is 1. The first-order chi connectivity index (χ1) is 8.99. The van der Waals surface area contributed by atoms with Crippen molar-refractivity contribution in [2.45, 2.75) is 25.8 Å². The number of ketones is 1. The summed E-state index contributed by atoms with van der Waals surface area (Å²) >= 11 is 6.18. The number of carbonyl (C=O) groups is 1. The predicted octanol–water partition coefficient (Wildman–Crippen LogP) is 3.07. The molecule has 0 aliphatic carbocycles. The molecule has 4 heteroatoms. The number of hydrogen-bond donors (Lipinski definition) is 0. The topological polar surface area (TPSA) is 23.6 Å². The van der Waals surface area contributed by atoms with Gasteiger partial charge in [0.2, 0.25) is 0 Å². The Labute approximate surface area is 120 Å². The quantitative estimate of drug-likeness (QED) is 0.795. The lowest BCUT2D eigenvalue weighted by Crippen LogP contribution is -2.45. The zero-order chi connectivity index (χ0) is 14.0. The lowest BCUT2D eigenvalue weighted by Gasteiger charge is -2.37. The average molecular weight is 281 g/mol. The van der Waals surface area contributed by atoms with Crippen LogP contribution in [0.15, 0.2) is 18.2 Å². The van der Waals surface area contributed by atoms with Crippen LogP contribution in [0.25, 0.3) is 0 Å². The molecule has 2 rings (SSSR count). The van der Waals surface area contributed by atoms with E-state index in [1.807, 2.05) is 18.2 Å². The average Bonchev–Trinajstić information content (AvgIpc) is 2.38. The molecule has 0 spiro atoms. The maximum Gasteiger partial charge on any atom is 0.161 e. The Balaban J connectivity index is 2.18. The van der Waals surface area contributed by atoms with Crippen molar-refractivity contribution in [3.8, 4) is 0 Å². The summed E-state index contributed by atoms with van der Waals surface area (Å²) in [6.45, 7) is 3.62. The van der Waals surface area contributed by atoms with Gasteiger partial charge in [0.1, 0.15) is 0 Å². The molecular formula is C15H21ClN2O. The van der Waals surface area contributed by atoms with Crippen LogP contribution < -0.4 is 4.90 Å². The number of hydrogen-bond acceptors (Lipinski definition) is 3. The summed E-state index contributed by atoms with van der Waals surface area (Å²) in [7, 11) is 4.25. The molecule has 1 aromatic carbocycles. The van der Waals surface area contributed by atoms with E-state index in [4.69, 9.17) is 11.6 Å². The molecule has 0 aromatic heterocycles. The second-order valence-corrected chi connectivity index (χ2v) is 5.83. The van der Waals surface area contributed by atoms with Crippen molar-refractivity contribution >= 4 is 23.1 Å². The maximum atomic E-state index is 11.4. The Morgan fingerprint density at radius 3 is 2.74 bits per heavy atom. The summed E-state index contributed by atoms with van der Waals surface area (Å²) in [6, 6.07) is 6.33. The van der Waals surface area contributed by atoms with E-state index in [1.165, 1.54) is 12.8 Å². The molecule has 1 aliphatic heterocycles. The summed E-state index contributed by atoms with van der Waals surface area (Å²) in [6.07, 6.45) is 2.43. The van der Waals surface area contributed by atoms with E-state index in [-0.39, 0.29) is 5.78 Å². The summed E-state index contributed by atoms with van der Waals surface area (Å²) in [4.78, 5) is 16.0. The largest absolute Gasteiger partial charge is 0.370 e. The van der Waals surface area contributed by atoms with Gasteiger partial charge in [-0.25, -0.2) is 0 Å². The van der Waals surface area contributed by atoms with Crippen LogP contribution in [0.3, 0.4) is 0 Å². The highest BCUT2D eigenvalue weighted by Gasteiger charge is 2.22. The third-order valence-electron chi connectivity index (χ3n) is 3.82. The fraction of sp³-hybridized carbons (Fsp3) is 0.533. The van der Waals surface area contributed by atoms with Gasteiger partial charge < -0.3 is 9.80 Å². The Morgan fingerprint density at radius 2 is 2.16 bits per heavy atom. The van der Waals surface area contributed by atoms with Crippen LogP contribution in [0, 0.1) is 0 Å². The molecule has 0 bridgehead atoms. The Kier molecular flexibility index (Phi) is 4.48. The van der Waals surface area contributed by atoms with Crippen molar-refractivity contribution in [1.29, 1.82) is 0 Å². The van der Waals surface area contributed by atoms with E-state index in [9.17, 15) is 4.79 Å². The molecule has 0 N–H and O–H groups in total. The van der Waals surface area contributed by atoms with Crippen LogP contribution in [0.4, 0.5) is 5.69 Å². The van der Waals surface area contributed by atoms with Crippen molar-refractivity contribution < 1.29 is 4.79 Å². The number of halogens is 1. The highest BCUT2D eigenvalue weighted by atomic mass is 35.5. The minimum Gasteiger partial charge on any atom is -0.370 e. The molecule has 104 valence electrons. The number of benzene rings is 1. The predicted molar refractivity (Wildman–Crippen MR) is 80.4 cm³/mol. The number of Topliss-reactive ketones (excluding diaryl/α,β-unsaturated/α-hetero) is 1. The van der Waals surface area contributed by atoms with Gasteiger partial charge >= 0.3 is 0 Å². The number of carbonyl (C=O) groups excluding carboxylic acids is 1. The fourth-order valence-corrected chi connectivity index (χ4v) is 2.90. The van der Waals surface area contributed by atoms with Crippen LogP contribution in [-0.4, -0.2) is 43.9 Å². The number of nitrogens with zero attached hydrogens (tertiary/aromatic N) is 2. The van der Waals surface area contributed by atoms with Gasteiger partial charge in [-0.15, -0.1) is 0 Å². The van der Waals surface area contributed by atoms with Crippen LogP contribution in [0.1, 0.15) is 30.1 Å². The van der Waals surface area contributed by atoms with Crippen molar-refractivity contribution in [3.63, 3.8) is 0 Å². The minimum atomic E-state index is 0.0152. The van der Waals surface area contributed by atoms with E-state index in [1.54, 1.807) is 6.92 Å². The molecule has 1 heterocycles. The molecule has 3 nitrogen and oxygen atoms in total. The van der Waals surface area contributed by atoms with Gasteiger partial charge in [0.25, 0.3) is 0 Å². The van der Waals surface area contributed by atoms with E-state index in [0.717, 1.165) is 18.8 Å². The lowest BCUT2D eigenvalue weighted by atomic mass is 10.0. The second-order valence-electron chi connectivity index (χ2n) is 5.43.